The molecular formula is C17H25N3O. The zero-order valence-electron chi connectivity index (χ0n) is 12.9. The van der Waals surface area contributed by atoms with Gasteiger partial charge in [-0.25, -0.2) is 0 Å². The van der Waals surface area contributed by atoms with Crippen molar-refractivity contribution >= 4 is 11.6 Å². The predicted octanol–water partition coefficient (Wildman–Crippen LogP) is 1.55. The zero-order valence-corrected chi connectivity index (χ0v) is 12.9. The van der Waals surface area contributed by atoms with Crippen LogP contribution in [0.2, 0.25) is 0 Å². The lowest BCUT2D eigenvalue weighted by atomic mass is 9.95. The maximum Gasteiger partial charge on any atom is 0.223 e. The largest absolute Gasteiger partial charge is 0.366 e. The molecule has 1 aromatic rings. The summed E-state index contributed by atoms with van der Waals surface area (Å²) in [6.07, 6.45) is 1.81. The van der Waals surface area contributed by atoms with Gasteiger partial charge in [-0.3, -0.25) is 4.79 Å². The van der Waals surface area contributed by atoms with Gasteiger partial charge in [-0.2, -0.15) is 0 Å². The lowest BCUT2D eigenvalue weighted by Gasteiger charge is -2.40. The van der Waals surface area contributed by atoms with E-state index in [1.165, 1.54) is 11.3 Å². The van der Waals surface area contributed by atoms with Gasteiger partial charge in [0.2, 0.25) is 5.91 Å². The van der Waals surface area contributed by atoms with Crippen LogP contribution in [-0.2, 0) is 11.2 Å². The van der Waals surface area contributed by atoms with E-state index in [2.05, 4.69) is 53.6 Å². The number of hydrogen-bond donors (Lipinski definition) is 2. The molecule has 2 N–H and O–H groups in total. The fourth-order valence-corrected chi connectivity index (χ4v) is 3.43. The van der Waals surface area contributed by atoms with Gasteiger partial charge < -0.3 is 15.5 Å². The van der Waals surface area contributed by atoms with Crippen molar-refractivity contribution < 1.29 is 4.79 Å². The van der Waals surface area contributed by atoms with Crippen LogP contribution in [-0.4, -0.2) is 37.6 Å². The molecule has 0 aliphatic carbocycles. The fourth-order valence-electron chi connectivity index (χ4n) is 3.43. The van der Waals surface area contributed by atoms with Crippen molar-refractivity contribution in [2.24, 2.45) is 5.92 Å². The van der Waals surface area contributed by atoms with Crippen molar-refractivity contribution in [3.8, 4) is 0 Å². The van der Waals surface area contributed by atoms with Gasteiger partial charge in [0.05, 0.1) is 0 Å². The topological polar surface area (TPSA) is 44.4 Å². The Bertz CT molecular complexity index is 517. The molecule has 2 saturated heterocycles. The Balaban J connectivity index is 1.83. The van der Waals surface area contributed by atoms with E-state index in [9.17, 15) is 4.79 Å². The summed E-state index contributed by atoms with van der Waals surface area (Å²) in [7, 11) is 0. The predicted molar refractivity (Wildman–Crippen MR) is 85.5 cm³/mol. The van der Waals surface area contributed by atoms with Crippen LogP contribution in [0.25, 0.3) is 0 Å². The number of nitrogens with one attached hydrogen (secondary N) is 2. The summed E-state index contributed by atoms with van der Waals surface area (Å²) in [6.45, 7) is 7.35. The third-order valence-electron chi connectivity index (χ3n) is 4.69. The minimum atomic E-state index is 0.141. The highest BCUT2D eigenvalue weighted by atomic mass is 16.2. The zero-order chi connectivity index (χ0) is 14.8. The summed E-state index contributed by atoms with van der Waals surface area (Å²) >= 11 is 0. The van der Waals surface area contributed by atoms with Crippen LogP contribution >= 0.6 is 0 Å². The maximum absolute atomic E-state index is 11.8. The molecule has 3 rings (SSSR count). The second-order valence-corrected chi connectivity index (χ2v) is 6.42. The Morgan fingerprint density at radius 2 is 2.10 bits per heavy atom. The first-order valence-electron chi connectivity index (χ1n) is 8.01. The summed E-state index contributed by atoms with van der Waals surface area (Å²) in [6, 6.07) is 9.57. The van der Waals surface area contributed by atoms with Gasteiger partial charge >= 0.3 is 0 Å². The van der Waals surface area contributed by atoms with Crippen molar-refractivity contribution in [3.05, 3.63) is 29.8 Å². The second-order valence-electron chi connectivity index (χ2n) is 6.42. The first kappa shape index (κ1) is 14.4. The van der Waals surface area contributed by atoms with Crippen LogP contribution in [0.3, 0.4) is 0 Å². The minimum absolute atomic E-state index is 0.141. The summed E-state index contributed by atoms with van der Waals surface area (Å²) < 4.78 is 0. The minimum Gasteiger partial charge on any atom is -0.366 e. The van der Waals surface area contributed by atoms with Crippen LogP contribution in [0.4, 0.5) is 5.69 Å². The van der Waals surface area contributed by atoms with Crippen LogP contribution in [0.15, 0.2) is 24.3 Å². The highest BCUT2D eigenvalue weighted by Crippen LogP contribution is 2.28. The Morgan fingerprint density at radius 1 is 1.29 bits per heavy atom. The van der Waals surface area contributed by atoms with Gasteiger partial charge in [-0.1, -0.05) is 18.2 Å². The number of rotatable bonds is 3. The molecular weight excluding hydrogens is 262 g/mol. The van der Waals surface area contributed by atoms with E-state index >= 15 is 0 Å². The van der Waals surface area contributed by atoms with Crippen molar-refractivity contribution in [2.45, 2.75) is 38.8 Å². The number of carbonyl (C=O) groups excluding carboxylic acids is 1. The SMILES string of the molecule is CC1CN(c2ccccc2CC2CCNC2=O)C(C)CN1. The Morgan fingerprint density at radius 3 is 2.86 bits per heavy atom. The van der Waals surface area contributed by atoms with Crippen molar-refractivity contribution in [2.75, 3.05) is 24.5 Å². The lowest BCUT2D eigenvalue weighted by Crippen LogP contribution is -2.54. The molecule has 3 atom stereocenters. The Hall–Kier alpha value is -1.55. The standard InChI is InChI=1S/C17H25N3O/c1-12-11-20(13(2)10-19-12)16-6-4-3-5-14(16)9-15-7-8-18-17(15)21/h3-6,12-13,15,19H,7-11H2,1-2H3,(H,18,21). The van der Waals surface area contributed by atoms with E-state index < -0.39 is 0 Å². The van der Waals surface area contributed by atoms with E-state index in [-0.39, 0.29) is 11.8 Å². The van der Waals surface area contributed by atoms with E-state index in [1.54, 1.807) is 0 Å². The molecule has 114 valence electrons. The number of amides is 1. The molecule has 3 unspecified atom stereocenters. The molecule has 0 aromatic heterocycles. The van der Waals surface area contributed by atoms with Gasteiger partial charge in [0.15, 0.2) is 0 Å². The molecule has 4 heteroatoms. The van der Waals surface area contributed by atoms with E-state index in [4.69, 9.17) is 0 Å². The smallest absolute Gasteiger partial charge is 0.223 e. The number of anilines is 1. The average Bonchev–Trinajstić information content (AvgIpc) is 2.88. The van der Waals surface area contributed by atoms with Gasteiger partial charge in [0.25, 0.3) is 0 Å². The average molecular weight is 287 g/mol. The fraction of sp³-hybridized carbons (Fsp3) is 0.588. The number of benzene rings is 1. The summed E-state index contributed by atoms with van der Waals surface area (Å²) in [5, 5.41) is 6.47. The van der Waals surface area contributed by atoms with Crippen molar-refractivity contribution in [1.29, 1.82) is 0 Å². The van der Waals surface area contributed by atoms with E-state index in [0.717, 1.165) is 32.5 Å². The maximum atomic E-state index is 11.8. The highest BCUT2D eigenvalue weighted by Gasteiger charge is 2.28. The van der Waals surface area contributed by atoms with E-state index in [0.29, 0.717) is 12.1 Å². The number of piperazine rings is 1. The van der Waals surface area contributed by atoms with Gasteiger partial charge in [0.1, 0.15) is 0 Å². The van der Waals surface area contributed by atoms with Gasteiger partial charge in [0, 0.05) is 43.3 Å². The third-order valence-corrected chi connectivity index (χ3v) is 4.69. The molecule has 1 aromatic carbocycles. The highest BCUT2D eigenvalue weighted by molar-refractivity contribution is 5.81. The number of nitrogens with zero attached hydrogens (tertiary/aromatic N) is 1. The van der Waals surface area contributed by atoms with Crippen LogP contribution in [0.1, 0.15) is 25.8 Å². The van der Waals surface area contributed by atoms with E-state index in [1.807, 2.05) is 0 Å². The van der Waals surface area contributed by atoms with Crippen molar-refractivity contribution in [3.63, 3.8) is 0 Å². The monoisotopic (exact) mass is 287 g/mol. The summed E-state index contributed by atoms with van der Waals surface area (Å²) in [5.74, 6) is 0.355. The summed E-state index contributed by atoms with van der Waals surface area (Å²) in [5.41, 5.74) is 2.61. The Labute approximate surface area is 126 Å². The first-order chi connectivity index (χ1) is 10.1. The molecule has 2 fully saturated rings. The molecule has 0 bridgehead atoms. The molecule has 1 amide bonds. The molecule has 2 aliphatic rings. The molecule has 21 heavy (non-hydrogen) atoms. The first-order valence-corrected chi connectivity index (χ1v) is 8.01. The number of para-hydroxylation sites is 1. The molecule has 0 radical (unpaired) electrons. The third kappa shape index (κ3) is 3.05. The number of carbonyl (C=O) groups is 1. The summed E-state index contributed by atoms with van der Waals surface area (Å²) in [4.78, 5) is 14.3. The van der Waals surface area contributed by atoms with Crippen LogP contribution < -0.4 is 15.5 Å². The molecule has 0 saturated carbocycles. The molecule has 2 heterocycles. The van der Waals surface area contributed by atoms with Gasteiger partial charge in [-0.15, -0.1) is 0 Å². The number of hydrogen-bond acceptors (Lipinski definition) is 3. The van der Waals surface area contributed by atoms with Gasteiger partial charge in [-0.05, 0) is 38.3 Å². The lowest BCUT2D eigenvalue weighted by molar-refractivity contribution is -0.122. The Kier molecular flexibility index (Phi) is 4.15. The van der Waals surface area contributed by atoms with Crippen LogP contribution in [0, 0.1) is 5.92 Å². The second kappa shape index (κ2) is 6.06. The normalized spacial score (nSPS) is 29.5. The molecule has 2 aliphatic heterocycles. The van der Waals surface area contributed by atoms with Crippen LogP contribution in [0.5, 0.6) is 0 Å². The molecule has 4 nitrogen and oxygen atoms in total. The van der Waals surface area contributed by atoms with Crippen molar-refractivity contribution in [1.82, 2.24) is 10.6 Å². The molecule has 0 spiro atoms. The quantitative estimate of drug-likeness (QED) is 0.886.